The van der Waals surface area contributed by atoms with E-state index in [2.05, 4.69) is 747 Å². The molecule has 1 N–H and O–H groups in total. The summed E-state index contributed by atoms with van der Waals surface area (Å²) in [6.45, 7) is 10.5. The standard InChI is InChI=1S/C6H11ClO3.C4H10O.C2H2Cl2O2.I77/c1-6(2,3)10-5(8)9-4-7;1-4(2,3)5;3-1-6-2(4)5;1-40-42(4)44(6)46(8)48(10)50(12)52(14)54(16)56(18)58(20)60(22)62(24)64(26)66(28)68(30)70(32)72(34)74(36)76(38)77(39)75(37)73(35)71(33)69(31)67(29)65(27)63(25)61(23)59(21)57(19)55(17)53(15)51(13)49(11)47(9)45(7)43(5)41(2)3/h4H2,1-3H3;5H,1-3H3;1H2;/q;;;-1. The number of ether oxygens (including phenoxy) is 3. The van der Waals surface area contributed by atoms with Gasteiger partial charge in [-0.2, -0.15) is 0 Å². The predicted octanol–water partition coefficient (Wildman–Crippen LogP) is 68.8. The van der Waals surface area contributed by atoms with Gasteiger partial charge in [0.2, 0.25) is 0 Å². The van der Waals surface area contributed by atoms with Gasteiger partial charge in [-0.05, 0) is 41.5 Å². The van der Waals surface area contributed by atoms with Crippen molar-refractivity contribution in [3.8, 4) is 0 Å². The molecule has 0 radical (unpaired) electrons. The molecule has 0 aromatic heterocycles. The van der Waals surface area contributed by atoms with Gasteiger partial charge in [0, 0.05) is 11.6 Å². The largest absolute Gasteiger partial charge is 0.437 e. The molecule has 668 valence electrons. The second kappa shape index (κ2) is 96.7. The Morgan fingerprint density at radius 1 is 0.296 bits per heavy atom. The van der Waals surface area contributed by atoms with E-state index in [0.29, 0.717) is 13.3 Å². The Balaban J connectivity index is -0.00000179. The molecule has 0 aliphatic carbocycles. The first kappa shape index (κ1) is 160. The van der Waals surface area contributed by atoms with Crippen LogP contribution in [0.4, 0.5) is 9.59 Å². The van der Waals surface area contributed by atoms with Crippen LogP contribution in [-0.2, 0) is 14.2 Å². The van der Waals surface area contributed by atoms with Gasteiger partial charge in [-0.15, -0.1) is 0 Å². The molecule has 0 amide bonds. The van der Waals surface area contributed by atoms with Crippen LogP contribution in [-0.4, -0.2) is 40.0 Å². The van der Waals surface area contributed by atoms with Crippen LogP contribution in [0, 0.1) is 0 Å². The van der Waals surface area contributed by atoms with Gasteiger partial charge in [0.05, 0.1) is 5.60 Å². The number of alkyl halides is 2. The van der Waals surface area contributed by atoms with Crippen molar-refractivity contribution >= 4 is 1060 Å². The van der Waals surface area contributed by atoms with Gasteiger partial charge < -0.3 is 19.3 Å². The summed E-state index contributed by atoms with van der Waals surface area (Å²) >= 11 is 146. The second-order valence-electron chi connectivity index (χ2n) is 11.4. The van der Waals surface area contributed by atoms with Crippen molar-refractivity contribution in [1.29, 1.82) is 0 Å². The molecule has 0 unspecified atom stereocenters. The number of halogens is 80. The van der Waals surface area contributed by atoms with E-state index in [4.69, 9.17) is 33.0 Å². The molecular formula is C12H23Cl3I77O6-. The summed E-state index contributed by atoms with van der Waals surface area (Å²) in [5.41, 5.74) is -1.88. The third-order valence-corrected chi connectivity index (χ3v) is 6030. The summed E-state index contributed by atoms with van der Waals surface area (Å²) in [7, 11) is -21.5. The molecule has 0 spiro atoms. The van der Waals surface area contributed by atoms with Gasteiger partial charge in [0.15, 0.2) is 12.1 Å². The van der Waals surface area contributed by atoms with Crippen LogP contribution >= 0.6 is 1050 Å². The summed E-state index contributed by atoms with van der Waals surface area (Å²) in [5, 5.41) is 8.52. The average molecular weight is 10100 g/mol. The fourth-order valence-electron chi connectivity index (χ4n) is 1.46. The molecule has 98 heavy (non-hydrogen) atoms. The number of aliphatic hydroxyl groups is 1. The first-order valence-corrected chi connectivity index (χ1v) is 496. The van der Waals surface area contributed by atoms with Gasteiger partial charge in [-0.25, -0.2) is 9.59 Å². The maximum Gasteiger partial charge on any atom is 0.404 e. The molecule has 0 bridgehead atoms. The monoisotopic (exact) mass is 10100 g/mol. The summed E-state index contributed by atoms with van der Waals surface area (Å²) in [6.07, 6.45) is -0.734. The molecule has 0 saturated carbocycles. The molecule has 0 rings (SSSR count). The number of hydrogen-bond donors (Lipinski definition) is 1. The quantitative estimate of drug-likeness (QED) is 0.0286. The van der Waals surface area contributed by atoms with Crippen LogP contribution in [0.1, 0.15) is 41.5 Å². The maximum absolute atomic E-state index is 10.5. The van der Waals surface area contributed by atoms with E-state index >= 15 is 0 Å². The van der Waals surface area contributed by atoms with E-state index in [1.807, 2.05) is 0 Å². The van der Waals surface area contributed by atoms with Crippen molar-refractivity contribution in [2.24, 2.45) is 0 Å². The van der Waals surface area contributed by atoms with Crippen molar-refractivity contribution in [3.05, 3.63) is 0 Å². The third-order valence-electron chi connectivity index (χ3n) is 3.71. The third kappa shape index (κ3) is 76.2. The SMILES string of the molecule is CC(C)(C)O.CC(C)(C)OC(=O)OCCl.I[I-]I(I)I(I)I(I)I(I)I(I)I(I)I(I)I(I)I(I)I(I)I(I)I(I)I(I)I(I)I(I)I(I)I(I)I(I)I(I)I(I)I(I)I(I)I(I)I(I)I(I)I(I)I(I)I(I)I(I)I(I)I(I)I(I)I(I)I(I)I(I)I(I)I(I)I.O=C(Cl)OCCl. The van der Waals surface area contributed by atoms with Crippen molar-refractivity contribution < 1.29 is 42.2 Å². The fraction of sp³-hybridized carbons (Fsp3) is 0.833. The Bertz CT molecular complexity index is 2080. The Morgan fingerprint density at radius 2 is 0.429 bits per heavy atom. The van der Waals surface area contributed by atoms with E-state index < -0.39 is 315 Å². The van der Waals surface area contributed by atoms with Gasteiger partial charge in [0.25, 0.3) is 0 Å². The summed E-state index contributed by atoms with van der Waals surface area (Å²) < 4.78 is 13.0. The molecular weight excluding hydrogens is 10100 g/mol. The summed E-state index contributed by atoms with van der Waals surface area (Å²) in [6, 6.07) is -0.350. The Hall–Kier alpha value is 55.8. The summed E-state index contributed by atoms with van der Waals surface area (Å²) in [4.78, 5) is 20.0. The smallest absolute Gasteiger partial charge is 0.404 e. The summed E-state index contributed by atoms with van der Waals surface area (Å²) in [5.74, 6) is 0. The number of carbonyl (C=O) groups excluding carboxylic acids is 2. The van der Waals surface area contributed by atoms with E-state index in [1.165, 1.54) is 0 Å². The van der Waals surface area contributed by atoms with Gasteiger partial charge in [-0.3, -0.25) is 0 Å². The molecule has 0 aromatic carbocycles. The Kier molecular flexibility index (Phi) is 158. The Morgan fingerprint density at radius 3 is 0.520 bits per heavy atom. The zero-order valence-electron chi connectivity index (χ0n) is 42.1. The zero-order chi connectivity index (χ0) is 78.8. The molecule has 0 aliphatic rings. The molecule has 0 aliphatic heterocycles. The molecule has 0 saturated heterocycles. The van der Waals surface area contributed by atoms with E-state index in [1.54, 1.807) is 41.5 Å². The first-order valence-electron chi connectivity index (χ1n) is 16.6. The maximum atomic E-state index is 10.5. The van der Waals surface area contributed by atoms with Crippen molar-refractivity contribution in [2.75, 3.05) is 12.1 Å². The molecule has 6 nitrogen and oxygen atoms in total. The topological polar surface area (TPSA) is 82.1 Å². The van der Waals surface area contributed by atoms with Crippen molar-refractivity contribution in [2.45, 2.75) is 52.7 Å². The van der Waals surface area contributed by atoms with Crippen LogP contribution in [0.2, 0.25) is 0 Å². The average Bonchev–Trinajstić information content (AvgIpc) is 0.830. The number of hydrogen-bond acceptors (Lipinski definition) is 6. The van der Waals surface area contributed by atoms with Crippen molar-refractivity contribution in [3.63, 3.8) is 0 Å². The zero-order valence-corrected chi connectivity index (χ0v) is 211. The predicted molar refractivity (Wildman–Crippen MR) is 1150 cm³/mol. The molecule has 0 fully saturated rings. The van der Waals surface area contributed by atoms with Gasteiger partial charge >= 0.3 is 1040 Å². The van der Waals surface area contributed by atoms with E-state index in [0.717, 1.165) is 0 Å². The van der Waals surface area contributed by atoms with Crippen LogP contribution in [0.5, 0.6) is 0 Å². The van der Waals surface area contributed by atoms with Crippen molar-refractivity contribution in [1.82, 2.24) is 0 Å². The molecule has 0 atom stereocenters. The van der Waals surface area contributed by atoms with Crippen LogP contribution in [0.3, 0.4) is 0 Å². The van der Waals surface area contributed by atoms with Crippen LogP contribution in [0.25, 0.3) is 0 Å². The first-order chi connectivity index (χ1) is 44.3. The van der Waals surface area contributed by atoms with Gasteiger partial charge in [0.1, 0.15) is 5.60 Å². The van der Waals surface area contributed by atoms with E-state index in [9.17, 15) is 9.59 Å². The van der Waals surface area contributed by atoms with Crippen LogP contribution in [0.15, 0.2) is 0 Å². The Labute approximate surface area is 1110 Å². The molecule has 0 aromatic rings. The molecule has 86 heteroatoms. The molecule has 0 heterocycles. The normalized spacial score (nSPS) is 17.1. The minimum atomic E-state index is -0.870. The van der Waals surface area contributed by atoms with E-state index in [-0.39, 0.29) is 12.1 Å². The minimum absolute atomic E-state index is 0.172. The fourth-order valence-corrected chi connectivity index (χ4v) is 14900. The number of carbonyl (C=O) groups is 2. The minimum Gasteiger partial charge on any atom is -0.437 e. The van der Waals surface area contributed by atoms with Crippen LogP contribution < -0.4 is 13.3 Å². The number of rotatable bonds is 39. The second-order valence-corrected chi connectivity index (χ2v) is 1830. The van der Waals surface area contributed by atoms with Gasteiger partial charge in [-0.1, -0.05) is 23.2 Å².